The summed E-state index contributed by atoms with van der Waals surface area (Å²) in [6.45, 7) is 0. The van der Waals surface area contributed by atoms with Gasteiger partial charge in [-0.3, -0.25) is 4.79 Å². The Morgan fingerprint density at radius 3 is 1.64 bits per heavy atom. The van der Waals surface area contributed by atoms with E-state index in [0.29, 0.717) is 17.8 Å². The highest BCUT2D eigenvalue weighted by Crippen LogP contribution is 2.61. The first-order valence-corrected chi connectivity index (χ1v) is 8.50. The second-order valence-electron chi connectivity index (χ2n) is 7.97. The molecule has 4 aliphatic rings. The molecule has 0 radical (unpaired) electrons. The van der Waals surface area contributed by atoms with Crippen molar-refractivity contribution >= 4 is 5.97 Å². The summed E-state index contributed by atoms with van der Waals surface area (Å²) in [5, 5.41) is 0. The Kier molecular flexibility index (Phi) is 3.81. The average molecular weight is 360 g/mol. The van der Waals surface area contributed by atoms with Crippen molar-refractivity contribution in [1.29, 1.82) is 0 Å². The lowest BCUT2D eigenvalue weighted by Gasteiger charge is -2.56. The van der Waals surface area contributed by atoms with Gasteiger partial charge in [-0.05, 0) is 61.7 Å². The van der Waals surface area contributed by atoms with Crippen LogP contribution < -0.4 is 4.74 Å². The molecule has 0 unspecified atom stereocenters. The minimum Gasteiger partial charge on any atom is -0.420 e. The van der Waals surface area contributed by atoms with E-state index in [4.69, 9.17) is 0 Å². The first-order chi connectivity index (χ1) is 11.8. The molecule has 0 aliphatic heterocycles. The van der Waals surface area contributed by atoms with Gasteiger partial charge in [0.25, 0.3) is 0 Å². The molecule has 0 aromatic heterocycles. The highest BCUT2D eigenvalue weighted by atomic mass is 19.2. The minimum absolute atomic E-state index is 0.0456. The molecule has 1 aromatic rings. The molecule has 0 amide bonds. The van der Waals surface area contributed by atoms with E-state index in [1.54, 1.807) is 0 Å². The summed E-state index contributed by atoms with van der Waals surface area (Å²) in [6, 6.07) is 0. The molecule has 7 heteroatoms. The minimum atomic E-state index is -2.27. The monoisotopic (exact) mass is 360 g/mol. The second-order valence-corrected chi connectivity index (χ2v) is 7.97. The Hall–Kier alpha value is -1.66. The third kappa shape index (κ3) is 2.72. The van der Waals surface area contributed by atoms with Crippen molar-refractivity contribution in [3.05, 3.63) is 29.1 Å². The van der Waals surface area contributed by atoms with E-state index in [1.165, 1.54) is 0 Å². The lowest BCUT2D eigenvalue weighted by Crippen LogP contribution is -2.47. The normalized spacial score (nSPS) is 32.9. The van der Waals surface area contributed by atoms with E-state index < -0.39 is 40.8 Å². The molecule has 4 bridgehead atoms. The van der Waals surface area contributed by atoms with Crippen LogP contribution in [0.5, 0.6) is 5.75 Å². The van der Waals surface area contributed by atoms with Gasteiger partial charge in [0.05, 0.1) is 6.42 Å². The third-order valence-corrected chi connectivity index (χ3v) is 6.07. The van der Waals surface area contributed by atoms with Gasteiger partial charge < -0.3 is 4.74 Å². The van der Waals surface area contributed by atoms with Crippen molar-refractivity contribution < 1.29 is 31.5 Å². The van der Waals surface area contributed by atoms with Crippen molar-refractivity contribution in [3.8, 4) is 5.75 Å². The van der Waals surface area contributed by atoms with Crippen LogP contribution in [0.1, 0.15) is 44.9 Å². The first kappa shape index (κ1) is 16.8. The fourth-order valence-electron chi connectivity index (χ4n) is 5.64. The largest absolute Gasteiger partial charge is 0.420 e. The van der Waals surface area contributed by atoms with Crippen molar-refractivity contribution in [3.63, 3.8) is 0 Å². The molecule has 2 nitrogen and oxygen atoms in total. The van der Waals surface area contributed by atoms with E-state index in [0.717, 1.165) is 38.5 Å². The fourth-order valence-corrected chi connectivity index (χ4v) is 5.64. The number of hydrogen-bond donors (Lipinski definition) is 0. The van der Waals surface area contributed by atoms with Crippen molar-refractivity contribution in [2.45, 2.75) is 44.9 Å². The van der Waals surface area contributed by atoms with Crippen LogP contribution in [0.4, 0.5) is 22.0 Å². The fraction of sp³-hybridized carbons (Fsp3) is 0.611. The molecule has 0 spiro atoms. The third-order valence-electron chi connectivity index (χ3n) is 6.07. The molecule has 4 fully saturated rings. The topological polar surface area (TPSA) is 26.3 Å². The summed E-state index contributed by atoms with van der Waals surface area (Å²) >= 11 is 0. The molecule has 5 rings (SSSR count). The lowest BCUT2D eigenvalue weighted by molar-refractivity contribution is -0.143. The standard InChI is InChI=1S/C18H17F5O2/c19-12-13(20)15(22)17(16(23)14(12)21)25-11(24)7-18-4-8-1-9(5-18)3-10(2-8)6-18/h8-10H,1-7H2. The molecule has 0 saturated heterocycles. The van der Waals surface area contributed by atoms with E-state index in [9.17, 15) is 26.7 Å². The molecule has 0 atom stereocenters. The smallest absolute Gasteiger partial charge is 0.311 e. The summed E-state index contributed by atoms with van der Waals surface area (Å²) in [5.74, 6) is -11.5. The van der Waals surface area contributed by atoms with Crippen LogP contribution in [-0.2, 0) is 4.79 Å². The zero-order valence-corrected chi connectivity index (χ0v) is 13.4. The van der Waals surface area contributed by atoms with Gasteiger partial charge in [0.2, 0.25) is 34.8 Å². The average Bonchev–Trinajstić information content (AvgIpc) is 2.53. The van der Waals surface area contributed by atoms with Crippen molar-refractivity contribution in [1.82, 2.24) is 0 Å². The molecule has 1 aromatic carbocycles. The van der Waals surface area contributed by atoms with Crippen LogP contribution in [0.25, 0.3) is 0 Å². The molecule has 25 heavy (non-hydrogen) atoms. The summed E-state index contributed by atoms with van der Waals surface area (Å²) in [4.78, 5) is 12.2. The number of benzene rings is 1. The Bertz CT molecular complexity index is 681. The number of rotatable bonds is 3. The molecular weight excluding hydrogens is 343 g/mol. The molecule has 0 N–H and O–H groups in total. The Morgan fingerprint density at radius 1 is 0.800 bits per heavy atom. The summed E-state index contributed by atoms with van der Waals surface area (Å²) in [7, 11) is 0. The molecule has 4 saturated carbocycles. The predicted octanol–water partition coefficient (Wildman–Crippen LogP) is 4.89. The predicted molar refractivity (Wildman–Crippen MR) is 77.1 cm³/mol. The summed E-state index contributed by atoms with van der Waals surface area (Å²) in [5.41, 5.74) is -0.254. The second kappa shape index (κ2) is 5.68. The zero-order valence-electron chi connectivity index (χ0n) is 13.4. The molecule has 4 aliphatic carbocycles. The van der Waals surface area contributed by atoms with Crippen LogP contribution in [-0.4, -0.2) is 5.97 Å². The van der Waals surface area contributed by atoms with Gasteiger partial charge in [-0.15, -0.1) is 0 Å². The zero-order chi connectivity index (χ0) is 17.9. The van der Waals surface area contributed by atoms with E-state index >= 15 is 0 Å². The number of carbonyl (C=O) groups is 1. The highest BCUT2D eigenvalue weighted by molar-refractivity contribution is 5.73. The van der Waals surface area contributed by atoms with Gasteiger partial charge in [-0.1, -0.05) is 0 Å². The number of carbonyl (C=O) groups excluding carboxylic acids is 1. The van der Waals surface area contributed by atoms with Gasteiger partial charge in [0.15, 0.2) is 0 Å². The maximum Gasteiger partial charge on any atom is 0.311 e. The van der Waals surface area contributed by atoms with Gasteiger partial charge in [0.1, 0.15) is 0 Å². The van der Waals surface area contributed by atoms with E-state index in [2.05, 4.69) is 4.74 Å². The lowest BCUT2D eigenvalue weighted by atomic mass is 9.49. The summed E-state index contributed by atoms with van der Waals surface area (Å²) in [6.07, 6.45) is 6.03. The van der Waals surface area contributed by atoms with Gasteiger partial charge in [0, 0.05) is 0 Å². The Labute approximate surface area is 141 Å². The quantitative estimate of drug-likeness (QED) is 0.252. The van der Waals surface area contributed by atoms with Crippen molar-refractivity contribution in [2.75, 3.05) is 0 Å². The maximum absolute atomic E-state index is 13.7. The van der Waals surface area contributed by atoms with Crippen LogP contribution >= 0.6 is 0 Å². The summed E-state index contributed by atoms with van der Waals surface area (Å²) < 4.78 is 71.4. The van der Waals surface area contributed by atoms with Crippen LogP contribution in [0, 0.1) is 52.3 Å². The maximum atomic E-state index is 13.7. The number of esters is 1. The molecule has 0 heterocycles. The van der Waals surface area contributed by atoms with Gasteiger partial charge >= 0.3 is 5.97 Å². The first-order valence-electron chi connectivity index (χ1n) is 8.50. The highest BCUT2D eigenvalue weighted by Gasteiger charge is 2.51. The van der Waals surface area contributed by atoms with Crippen LogP contribution in [0.3, 0.4) is 0 Å². The number of halogens is 5. The number of hydrogen-bond acceptors (Lipinski definition) is 2. The van der Waals surface area contributed by atoms with Gasteiger partial charge in [-0.2, -0.15) is 8.78 Å². The number of ether oxygens (including phenoxy) is 1. The van der Waals surface area contributed by atoms with Gasteiger partial charge in [-0.25, -0.2) is 13.2 Å². The Balaban J connectivity index is 1.54. The van der Waals surface area contributed by atoms with Crippen LogP contribution in [0.2, 0.25) is 0 Å². The SMILES string of the molecule is O=C(CC12CC3CC(CC(C3)C1)C2)Oc1c(F)c(F)c(F)c(F)c1F. The van der Waals surface area contributed by atoms with Crippen LogP contribution in [0.15, 0.2) is 0 Å². The Morgan fingerprint density at radius 2 is 1.20 bits per heavy atom. The van der Waals surface area contributed by atoms with E-state index in [1.807, 2.05) is 0 Å². The van der Waals surface area contributed by atoms with E-state index in [-0.39, 0.29) is 11.8 Å². The molecule has 136 valence electrons. The van der Waals surface area contributed by atoms with Crippen molar-refractivity contribution in [2.24, 2.45) is 23.2 Å². The molecular formula is C18H17F5O2.